The zero-order valence-electron chi connectivity index (χ0n) is 14.6. The molecule has 1 aliphatic heterocycles. The molecule has 5 heteroatoms. The van der Waals surface area contributed by atoms with Crippen LogP contribution in [0.4, 0.5) is 0 Å². The number of aromatic amines is 1. The van der Waals surface area contributed by atoms with Crippen molar-refractivity contribution in [3.05, 3.63) is 82.0 Å². The van der Waals surface area contributed by atoms with Gasteiger partial charge in [-0.05, 0) is 41.8 Å². The normalized spacial score (nSPS) is 14.7. The van der Waals surface area contributed by atoms with Gasteiger partial charge in [0, 0.05) is 41.3 Å². The van der Waals surface area contributed by atoms with Crippen LogP contribution >= 0.6 is 23.2 Å². The summed E-state index contributed by atoms with van der Waals surface area (Å²) < 4.78 is 0. The van der Waals surface area contributed by atoms with Crippen molar-refractivity contribution in [2.24, 2.45) is 0 Å². The van der Waals surface area contributed by atoms with Crippen LogP contribution in [0.5, 0.6) is 0 Å². The van der Waals surface area contributed by atoms with Crippen LogP contribution < -0.4 is 0 Å². The number of amides is 1. The van der Waals surface area contributed by atoms with Crippen molar-refractivity contribution in [3.8, 4) is 0 Å². The molecule has 0 radical (unpaired) electrons. The van der Waals surface area contributed by atoms with Gasteiger partial charge in [-0.3, -0.25) is 4.79 Å². The number of nitrogens with one attached hydrogen (secondary N) is 1. The fourth-order valence-corrected chi connectivity index (χ4v) is 3.70. The number of para-hydroxylation sites is 1. The van der Waals surface area contributed by atoms with Crippen LogP contribution in [0.15, 0.2) is 60.8 Å². The molecule has 0 aliphatic carbocycles. The van der Waals surface area contributed by atoms with Gasteiger partial charge in [0.2, 0.25) is 5.91 Å². The molecule has 4 rings (SSSR count). The van der Waals surface area contributed by atoms with E-state index in [9.17, 15) is 4.79 Å². The maximum atomic E-state index is 12.4. The van der Waals surface area contributed by atoms with Gasteiger partial charge in [0.15, 0.2) is 0 Å². The molecule has 0 atom stereocenters. The molecule has 0 spiro atoms. The van der Waals surface area contributed by atoms with Gasteiger partial charge in [0.25, 0.3) is 0 Å². The molecule has 1 aromatic heterocycles. The fourth-order valence-electron chi connectivity index (χ4n) is 3.34. The summed E-state index contributed by atoms with van der Waals surface area (Å²) in [5.74, 6) is 0.0159. The molecule has 27 heavy (non-hydrogen) atoms. The van der Waals surface area contributed by atoms with E-state index in [4.69, 9.17) is 23.2 Å². The summed E-state index contributed by atoms with van der Waals surface area (Å²) in [6.07, 6.45) is 8.38. The van der Waals surface area contributed by atoms with E-state index < -0.39 is 0 Å². The SMILES string of the molecule is O=C(/C=C/c1ccc(Cl)cc1)N1CC=C(c2c[nH]c3c(Cl)cccc23)CC1. The minimum atomic E-state index is 0.0159. The molecular weight excluding hydrogens is 379 g/mol. The van der Waals surface area contributed by atoms with Gasteiger partial charge in [0.1, 0.15) is 0 Å². The third-order valence-electron chi connectivity index (χ3n) is 4.82. The summed E-state index contributed by atoms with van der Waals surface area (Å²) in [6, 6.07) is 13.3. The summed E-state index contributed by atoms with van der Waals surface area (Å²) in [7, 11) is 0. The molecule has 3 nitrogen and oxygen atoms in total. The number of hydrogen-bond donors (Lipinski definition) is 1. The lowest BCUT2D eigenvalue weighted by atomic mass is 9.99. The van der Waals surface area contributed by atoms with E-state index in [1.807, 2.05) is 53.6 Å². The van der Waals surface area contributed by atoms with Crippen molar-refractivity contribution < 1.29 is 4.79 Å². The average Bonchev–Trinajstić information content (AvgIpc) is 3.13. The molecule has 0 unspecified atom stereocenters. The van der Waals surface area contributed by atoms with E-state index in [1.54, 1.807) is 6.08 Å². The second-order valence-corrected chi connectivity index (χ2v) is 7.36. The Kier molecular flexibility index (Phi) is 5.06. The number of aromatic nitrogens is 1. The molecule has 0 fully saturated rings. The van der Waals surface area contributed by atoms with Crippen LogP contribution in [-0.4, -0.2) is 28.9 Å². The molecule has 1 amide bonds. The van der Waals surface area contributed by atoms with E-state index in [0.29, 0.717) is 18.1 Å². The maximum Gasteiger partial charge on any atom is 0.246 e. The van der Waals surface area contributed by atoms with E-state index in [1.165, 1.54) is 5.57 Å². The minimum absolute atomic E-state index is 0.0159. The van der Waals surface area contributed by atoms with Crippen LogP contribution in [0.1, 0.15) is 17.5 Å². The number of hydrogen-bond acceptors (Lipinski definition) is 1. The Morgan fingerprint density at radius 1 is 1.11 bits per heavy atom. The number of halogens is 2. The second-order valence-electron chi connectivity index (χ2n) is 6.51. The molecule has 0 saturated heterocycles. The van der Waals surface area contributed by atoms with E-state index >= 15 is 0 Å². The van der Waals surface area contributed by atoms with E-state index in [-0.39, 0.29) is 5.91 Å². The first-order valence-corrected chi connectivity index (χ1v) is 9.55. The number of carbonyl (C=O) groups is 1. The summed E-state index contributed by atoms with van der Waals surface area (Å²) in [5, 5.41) is 2.53. The number of H-pyrrole nitrogens is 1. The highest BCUT2D eigenvalue weighted by molar-refractivity contribution is 6.35. The third-order valence-corrected chi connectivity index (χ3v) is 5.39. The van der Waals surface area contributed by atoms with Gasteiger partial charge in [0.05, 0.1) is 10.5 Å². The molecule has 2 heterocycles. The van der Waals surface area contributed by atoms with Gasteiger partial charge >= 0.3 is 0 Å². The lowest BCUT2D eigenvalue weighted by molar-refractivity contribution is -0.125. The minimum Gasteiger partial charge on any atom is -0.359 e. The number of fused-ring (bicyclic) bond motifs is 1. The highest BCUT2D eigenvalue weighted by Crippen LogP contribution is 2.32. The standard InChI is InChI=1S/C22H18Cl2N2O/c23-17-7-4-15(5-8-17)6-9-21(27)26-12-10-16(11-13-26)19-14-25-22-18(19)2-1-3-20(22)24/h1-10,14,25H,11-13H2/b9-6+. The molecule has 136 valence electrons. The smallest absolute Gasteiger partial charge is 0.246 e. The lowest BCUT2D eigenvalue weighted by Gasteiger charge is -2.25. The number of benzene rings is 2. The van der Waals surface area contributed by atoms with E-state index in [0.717, 1.165) is 33.5 Å². The first-order chi connectivity index (χ1) is 13.1. The Morgan fingerprint density at radius 3 is 2.67 bits per heavy atom. The Balaban J connectivity index is 1.47. The van der Waals surface area contributed by atoms with Gasteiger partial charge < -0.3 is 9.88 Å². The van der Waals surface area contributed by atoms with Crippen molar-refractivity contribution in [1.82, 2.24) is 9.88 Å². The molecular formula is C22H18Cl2N2O. The Bertz CT molecular complexity index is 1050. The molecule has 3 aromatic rings. The van der Waals surface area contributed by atoms with Crippen molar-refractivity contribution in [2.45, 2.75) is 6.42 Å². The van der Waals surface area contributed by atoms with Crippen molar-refractivity contribution in [2.75, 3.05) is 13.1 Å². The summed E-state index contributed by atoms with van der Waals surface area (Å²) in [6.45, 7) is 1.30. The van der Waals surface area contributed by atoms with Gasteiger partial charge in [-0.1, -0.05) is 53.5 Å². The quantitative estimate of drug-likeness (QED) is 0.557. The Morgan fingerprint density at radius 2 is 1.93 bits per heavy atom. The number of carbonyl (C=O) groups excluding carboxylic acids is 1. The molecule has 0 bridgehead atoms. The first-order valence-electron chi connectivity index (χ1n) is 8.79. The van der Waals surface area contributed by atoms with Crippen molar-refractivity contribution in [1.29, 1.82) is 0 Å². The topological polar surface area (TPSA) is 36.1 Å². The zero-order valence-corrected chi connectivity index (χ0v) is 16.1. The third kappa shape index (κ3) is 3.80. The van der Waals surface area contributed by atoms with Gasteiger partial charge in [-0.2, -0.15) is 0 Å². The van der Waals surface area contributed by atoms with Crippen LogP contribution in [-0.2, 0) is 4.79 Å². The summed E-state index contributed by atoms with van der Waals surface area (Å²) in [5.41, 5.74) is 4.32. The van der Waals surface area contributed by atoms with Crippen LogP contribution in [0.3, 0.4) is 0 Å². The second kappa shape index (κ2) is 7.63. The average molecular weight is 397 g/mol. The summed E-state index contributed by atoms with van der Waals surface area (Å²) in [4.78, 5) is 17.5. The van der Waals surface area contributed by atoms with Crippen molar-refractivity contribution in [3.63, 3.8) is 0 Å². The highest BCUT2D eigenvalue weighted by Gasteiger charge is 2.18. The van der Waals surface area contributed by atoms with Crippen molar-refractivity contribution >= 4 is 51.7 Å². The molecule has 0 saturated carbocycles. The van der Waals surface area contributed by atoms with Crippen LogP contribution in [0.25, 0.3) is 22.6 Å². The predicted molar refractivity (Wildman–Crippen MR) is 113 cm³/mol. The molecule has 2 aromatic carbocycles. The van der Waals surface area contributed by atoms with Gasteiger partial charge in [-0.15, -0.1) is 0 Å². The zero-order chi connectivity index (χ0) is 18.8. The highest BCUT2D eigenvalue weighted by atomic mass is 35.5. The molecule has 1 N–H and O–H groups in total. The number of rotatable bonds is 3. The fraction of sp³-hybridized carbons (Fsp3) is 0.136. The molecule has 1 aliphatic rings. The van der Waals surface area contributed by atoms with E-state index in [2.05, 4.69) is 17.1 Å². The lowest BCUT2D eigenvalue weighted by Crippen LogP contribution is -2.33. The first kappa shape index (κ1) is 17.9. The Labute approximate surface area is 167 Å². The van der Waals surface area contributed by atoms with Crippen LogP contribution in [0.2, 0.25) is 10.0 Å². The largest absolute Gasteiger partial charge is 0.359 e. The maximum absolute atomic E-state index is 12.4. The monoisotopic (exact) mass is 396 g/mol. The predicted octanol–water partition coefficient (Wildman–Crippen LogP) is 5.80. The Hall–Kier alpha value is -2.49. The van der Waals surface area contributed by atoms with Crippen LogP contribution in [0, 0.1) is 0 Å². The number of nitrogens with zero attached hydrogens (tertiary/aromatic N) is 1. The van der Waals surface area contributed by atoms with Gasteiger partial charge in [-0.25, -0.2) is 0 Å². The summed E-state index contributed by atoms with van der Waals surface area (Å²) >= 11 is 12.1.